The minimum absolute atomic E-state index is 0.640. The molecule has 0 bridgehead atoms. The first kappa shape index (κ1) is 12.0. The lowest BCUT2D eigenvalue weighted by Gasteiger charge is -2.44. The van der Waals surface area contributed by atoms with Crippen LogP contribution in [-0.2, 0) is 0 Å². The lowest BCUT2D eigenvalue weighted by molar-refractivity contribution is 0.203. The zero-order valence-corrected chi connectivity index (χ0v) is 11.8. The second kappa shape index (κ2) is 4.58. The van der Waals surface area contributed by atoms with Crippen LogP contribution in [0.25, 0.3) is 0 Å². The average Bonchev–Trinajstić information content (AvgIpc) is 2.75. The molecule has 1 aromatic carbocycles. The Balaban J connectivity index is 1.86. The average molecular weight is 244 g/mol. The van der Waals surface area contributed by atoms with Gasteiger partial charge >= 0.3 is 0 Å². The number of hydrogen-bond donors (Lipinski definition) is 0. The van der Waals surface area contributed by atoms with E-state index < -0.39 is 0 Å². The summed E-state index contributed by atoms with van der Waals surface area (Å²) in [6.45, 7) is 10.6. The maximum atomic E-state index is 2.69. The van der Waals surface area contributed by atoms with Gasteiger partial charge in [0.2, 0.25) is 0 Å². The number of benzene rings is 1. The van der Waals surface area contributed by atoms with Crippen LogP contribution in [0.5, 0.6) is 0 Å². The molecule has 2 aliphatic rings. The Bertz CT molecular complexity index is 441. The Morgan fingerprint density at radius 3 is 2.78 bits per heavy atom. The van der Waals surface area contributed by atoms with Crippen molar-refractivity contribution in [3.8, 4) is 0 Å². The van der Waals surface area contributed by atoms with E-state index in [4.69, 9.17) is 0 Å². The van der Waals surface area contributed by atoms with Crippen molar-refractivity contribution in [2.75, 3.05) is 24.5 Å². The molecule has 0 saturated carbocycles. The van der Waals surface area contributed by atoms with Gasteiger partial charge in [-0.25, -0.2) is 0 Å². The SMILES string of the molecule is Cc1ccc(N2CC3CCCN3CC2C)c(C)c1. The zero-order valence-electron chi connectivity index (χ0n) is 11.8. The van der Waals surface area contributed by atoms with Crippen LogP contribution in [0.2, 0.25) is 0 Å². The minimum Gasteiger partial charge on any atom is -0.366 e. The van der Waals surface area contributed by atoms with E-state index in [0.717, 1.165) is 6.04 Å². The highest BCUT2D eigenvalue weighted by Gasteiger charge is 2.34. The van der Waals surface area contributed by atoms with Crippen LogP contribution >= 0.6 is 0 Å². The van der Waals surface area contributed by atoms with E-state index in [1.807, 2.05) is 0 Å². The van der Waals surface area contributed by atoms with Gasteiger partial charge in [-0.3, -0.25) is 4.90 Å². The summed E-state index contributed by atoms with van der Waals surface area (Å²) >= 11 is 0. The van der Waals surface area contributed by atoms with Crippen molar-refractivity contribution in [1.82, 2.24) is 4.90 Å². The molecule has 0 aromatic heterocycles. The molecule has 2 saturated heterocycles. The summed E-state index contributed by atoms with van der Waals surface area (Å²) in [5.74, 6) is 0. The largest absolute Gasteiger partial charge is 0.366 e. The van der Waals surface area contributed by atoms with Gasteiger partial charge in [-0.1, -0.05) is 17.7 Å². The fourth-order valence-corrected chi connectivity index (χ4v) is 3.65. The van der Waals surface area contributed by atoms with Gasteiger partial charge in [0.1, 0.15) is 0 Å². The molecule has 0 N–H and O–H groups in total. The molecule has 18 heavy (non-hydrogen) atoms. The molecule has 98 valence electrons. The smallest absolute Gasteiger partial charge is 0.0399 e. The lowest BCUT2D eigenvalue weighted by Crippen LogP contribution is -2.55. The molecule has 0 aliphatic carbocycles. The molecule has 2 fully saturated rings. The first-order chi connectivity index (χ1) is 8.65. The van der Waals surface area contributed by atoms with Gasteiger partial charge in [-0.15, -0.1) is 0 Å². The van der Waals surface area contributed by atoms with Crippen molar-refractivity contribution in [2.24, 2.45) is 0 Å². The van der Waals surface area contributed by atoms with E-state index in [9.17, 15) is 0 Å². The van der Waals surface area contributed by atoms with Crippen molar-refractivity contribution in [2.45, 2.75) is 45.7 Å². The summed E-state index contributed by atoms with van der Waals surface area (Å²) in [5.41, 5.74) is 4.23. The van der Waals surface area contributed by atoms with Gasteiger partial charge in [-0.05, 0) is 51.8 Å². The molecule has 2 heterocycles. The molecule has 2 aliphatic heterocycles. The predicted molar refractivity (Wildman–Crippen MR) is 77.3 cm³/mol. The molecule has 0 amide bonds. The molecule has 2 unspecified atom stereocenters. The van der Waals surface area contributed by atoms with Gasteiger partial charge in [0.25, 0.3) is 0 Å². The second-order valence-corrected chi connectivity index (χ2v) is 6.08. The number of anilines is 1. The molecule has 0 spiro atoms. The van der Waals surface area contributed by atoms with Crippen LogP contribution in [0.15, 0.2) is 18.2 Å². The summed E-state index contributed by atoms with van der Waals surface area (Å²) in [5, 5.41) is 0. The van der Waals surface area contributed by atoms with Crippen molar-refractivity contribution in [1.29, 1.82) is 0 Å². The van der Waals surface area contributed by atoms with Crippen molar-refractivity contribution < 1.29 is 0 Å². The standard InChI is InChI=1S/C16H24N2/c1-12-6-7-16(13(2)9-12)18-11-15-5-4-8-17(15)10-14(18)3/h6-7,9,14-15H,4-5,8,10-11H2,1-3H3. The zero-order chi connectivity index (χ0) is 12.7. The molecular formula is C16H24N2. The fourth-order valence-electron chi connectivity index (χ4n) is 3.65. The maximum absolute atomic E-state index is 2.69. The quantitative estimate of drug-likeness (QED) is 0.749. The van der Waals surface area contributed by atoms with E-state index in [2.05, 4.69) is 48.8 Å². The monoisotopic (exact) mass is 244 g/mol. The highest BCUT2D eigenvalue weighted by Crippen LogP contribution is 2.30. The maximum Gasteiger partial charge on any atom is 0.0399 e. The van der Waals surface area contributed by atoms with Gasteiger partial charge < -0.3 is 4.90 Å². The number of nitrogens with zero attached hydrogens (tertiary/aromatic N) is 2. The first-order valence-electron chi connectivity index (χ1n) is 7.23. The number of hydrogen-bond acceptors (Lipinski definition) is 2. The Kier molecular flexibility index (Phi) is 3.06. The molecular weight excluding hydrogens is 220 g/mol. The van der Waals surface area contributed by atoms with Crippen LogP contribution in [0.3, 0.4) is 0 Å². The van der Waals surface area contributed by atoms with E-state index >= 15 is 0 Å². The summed E-state index contributed by atoms with van der Waals surface area (Å²) in [6, 6.07) is 8.30. The molecule has 0 radical (unpaired) electrons. The summed E-state index contributed by atoms with van der Waals surface area (Å²) in [7, 11) is 0. The van der Waals surface area contributed by atoms with E-state index in [-0.39, 0.29) is 0 Å². The molecule has 2 nitrogen and oxygen atoms in total. The Morgan fingerprint density at radius 1 is 1.17 bits per heavy atom. The fraction of sp³-hybridized carbons (Fsp3) is 0.625. The Morgan fingerprint density at radius 2 is 2.00 bits per heavy atom. The van der Waals surface area contributed by atoms with E-state index in [1.54, 1.807) is 0 Å². The van der Waals surface area contributed by atoms with Gasteiger partial charge in [0.05, 0.1) is 0 Å². The number of aryl methyl sites for hydroxylation is 2. The predicted octanol–water partition coefficient (Wildman–Crippen LogP) is 2.98. The van der Waals surface area contributed by atoms with Crippen molar-refractivity contribution in [3.05, 3.63) is 29.3 Å². The third kappa shape index (κ3) is 2.03. The van der Waals surface area contributed by atoms with Gasteiger partial charge in [0.15, 0.2) is 0 Å². The molecule has 2 heteroatoms. The van der Waals surface area contributed by atoms with Crippen LogP contribution in [0, 0.1) is 13.8 Å². The Labute approximate surface area is 111 Å². The third-order valence-electron chi connectivity index (χ3n) is 4.60. The van der Waals surface area contributed by atoms with Crippen LogP contribution in [0.4, 0.5) is 5.69 Å². The Hall–Kier alpha value is -1.02. The number of rotatable bonds is 1. The van der Waals surface area contributed by atoms with E-state index in [1.165, 1.54) is 49.3 Å². The normalized spacial score (nSPS) is 28.5. The van der Waals surface area contributed by atoms with Crippen LogP contribution in [0.1, 0.15) is 30.9 Å². The lowest BCUT2D eigenvalue weighted by atomic mass is 10.0. The molecule has 1 aromatic rings. The highest BCUT2D eigenvalue weighted by molar-refractivity contribution is 5.55. The van der Waals surface area contributed by atoms with Gasteiger partial charge in [-0.2, -0.15) is 0 Å². The van der Waals surface area contributed by atoms with Gasteiger partial charge in [0, 0.05) is 30.9 Å². The van der Waals surface area contributed by atoms with E-state index in [0.29, 0.717) is 6.04 Å². The number of fused-ring (bicyclic) bond motifs is 1. The minimum atomic E-state index is 0.640. The molecule has 2 atom stereocenters. The summed E-state index contributed by atoms with van der Waals surface area (Å²) < 4.78 is 0. The topological polar surface area (TPSA) is 6.48 Å². The third-order valence-corrected chi connectivity index (χ3v) is 4.60. The highest BCUT2D eigenvalue weighted by atomic mass is 15.3. The molecule has 3 rings (SSSR count). The number of piperazine rings is 1. The summed E-state index contributed by atoms with van der Waals surface area (Å²) in [6.07, 6.45) is 2.77. The van der Waals surface area contributed by atoms with Crippen molar-refractivity contribution >= 4 is 5.69 Å². The second-order valence-electron chi connectivity index (χ2n) is 6.08. The van der Waals surface area contributed by atoms with Crippen molar-refractivity contribution in [3.63, 3.8) is 0 Å². The van der Waals surface area contributed by atoms with Crippen LogP contribution in [-0.4, -0.2) is 36.6 Å². The van der Waals surface area contributed by atoms with Crippen LogP contribution < -0.4 is 4.90 Å². The summed E-state index contributed by atoms with van der Waals surface area (Å²) in [4.78, 5) is 5.31. The first-order valence-corrected chi connectivity index (χ1v) is 7.23.